The van der Waals surface area contributed by atoms with E-state index >= 15 is 0 Å². The van der Waals surface area contributed by atoms with Crippen molar-refractivity contribution < 1.29 is 4.42 Å². The van der Waals surface area contributed by atoms with Crippen molar-refractivity contribution in [1.29, 1.82) is 0 Å². The lowest BCUT2D eigenvalue weighted by molar-refractivity contribution is 0.470. The van der Waals surface area contributed by atoms with Gasteiger partial charge in [0.2, 0.25) is 0 Å². The van der Waals surface area contributed by atoms with E-state index in [4.69, 9.17) is 4.42 Å². The molecule has 0 bridgehead atoms. The van der Waals surface area contributed by atoms with Gasteiger partial charge in [0, 0.05) is 5.92 Å². The molecule has 0 amide bonds. The van der Waals surface area contributed by atoms with E-state index < -0.39 is 0 Å². The molecular formula is C12H18O. The summed E-state index contributed by atoms with van der Waals surface area (Å²) in [5, 5.41) is 0. The van der Waals surface area contributed by atoms with Crippen molar-refractivity contribution in [3.05, 3.63) is 36.8 Å². The van der Waals surface area contributed by atoms with E-state index in [0.717, 1.165) is 12.2 Å². The van der Waals surface area contributed by atoms with Gasteiger partial charge in [-0.1, -0.05) is 32.3 Å². The summed E-state index contributed by atoms with van der Waals surface area (Å²) < 4.78 is 5.35. The van der Waals surface area contributed by atoms with E-state index in [1.54, 1.807) is 6.26 Å². The van der Waals surface area contributed by atoms with Gasteiger partial charge in [0.25, 0.3) is 0 Å². The monoisotopic (exact) mass is 178 g/mol. The quantitative estimate of drug-likeness (QED) is 0.471. The smallest absolute Gasteiger partial charge is 0.110 e. The van der Waals surface area contributed by atoms with E-state index in [2.05, 4.69) is 13.5 Å². The maximum absolute atomic E-state index is 5.35. The predicted molar refractivity (Wildman–Crippen MR) is 55.8 cm³/mol. The zero-order valence-corrected chi connectivity index (χ0v) is 8.33. The van der Waals surface area contributed by atoms with Crippen LogP contribution in [-0.4, -0.2) is 0 Å². The Kier molecular flexibility index (Phi) is 4.37. The average Bonchev–Trinajstić information content (AvgIpc) is 2.65. The lowest BCUT2D eigenvalue weighted by atomic mass is 9.99. The molecule has 1 atom stereocenters. The third-order valence-corrected chi connectivity index (χ3v) is 2.31. The second kappa shape index (κ2) is 5.63. The molecule has 13 heavy (non-hydrogen) atoms. The van der Waals surface area contributed by atoms with E-state index in [1.807, 2.05) is 18.2 Å². The summed E-state index contributed by atoms with van der Waals surface area (Å²) in [5.74, 6) is 1.45. The van der Waals surface area contributed by atoms with Crippen molar-refractivity contribution in [2.24, 2.45) is 0 Å². The summed E-state index contributed by atoms with van der Waals surface area (Å²) in [5.41, 5.74) is 0. The van der Waals surface area contributed by atoms with E-state index in [-0.39, 0.29) is 0 Å². The van der Waals surface area contributed by atoms with Crippen LogP contribution in [0.15, 0.2) is 35.5 Å². The zero-order valence-electron chi connectivity index (χ0n) is 8.33. The molecule has 0 aliphatic carbocycles. The van der Waals surface area contributed by atoms with Crippen molar-refractivity contribution in [3.63, 3.8) is 0 Å². The molecule has 1 heterocycles. The summed E-state index contributed by atoms with van der Waals surface area (Å²) in [4.78, 5) is 0. The maximum atomic E-state index is 5.35. The Morgan fingerprint density at radius 3 is 2.92 bits per heavy atom. The van der Waals surface area contributed by atoms with E-state index in [0.29, 0.717) is 5.92 Å². The molecule has 1 aromatic heterocycles. The first-order chi connectivity index (χ1) is 6.38. The number of rotatable bonds is 6. The Balaban J connectivity index is 2.40. The first-order valence-corrected chi connectivity index (χ1v) is 5.04. The largest absolute Gasteiger partial charge is 0.469 e. The Labute approximate surface area is 80.5 Å². The molecule has 0 aromatic carbocycles. The first kappa shape index (κ1) is 10.1. The summed E-state index contributed by atoms with van der Waals surface area (Å²) in [6.07, 6.45) is 8.69. The number of hydrogen-bond donors (Lipinski definition) is 0. The normalized spacial score (nSPS) is 12.7. The van der Waals surface area contributed by atoms with Crippen molar-refractivity contribution in [2.75, 3.05) is 0 Å². The SMILES string of the molecule is C=CC(CCCCC)c1ccco1. The second-order valence-electron chi connectivity index (χ2n) is 3.35. The Morgan fingerprint density at radius 2 is 2.38 bits per heavy atom. The molecular weight excluding hydrogens is 160 g/mol. The Hall–Kier alpha value is -0.980. The molecule has 1 aromatic rings. The fourth-order valence-corrected chi connectivity index (χ4v) is 1.49. The fourth-order valence-electron chi connectivity index (χ4n) is 1.49. The molecule has 0 N–H and O–H groups in total. The van der Waals surface area contributed by atoms with Gasteiger partial charge in [-0.25, -0.2) is 0 Å². The Morgan fingerprint density at radius 1 is 1.54 bits per heavy atom. The third kappa shape index (κ3) is 3.10. The van der Waals surface area contributed by atoms with Crippen molar-refractivity contribution >= 4 is 0 Å². The average molecular weight is 178 g/mol. The number of furan rings is 1. The van der Waals surface area contributed by atoms with Crippen LogP contribution in [0.25, 0.3) is 0 Å². The molecule has 0 aliphatic rings. The highest BCUT2D eigenvalue weighted by Crippen LogP contribution is 2.23. The van der Waals surface area contributed by atoms with Gasteiger partial charge in [0.15, 0.2) is 0 Å². The van der Waals surface area contributed by atoms with Gasteiger partial charge in [-0.05, 0) is 18.6 Å². The van der Waals surface area contributed by atoms with Crippen molar-refractivity contribution in [2.45, 2.75) is 38.5 Å². The minimum absolute atomic E-state index is 0.404. The highest BCUT2D eigenvalue weighted by atomic mass is 16.3. The van der Waals surface area contributed by atoms with Crippen LogP contribution in [0.3, 0.4) is 0 Å². The van der Waals surface area contributed by atoms with Crippen LogP contribution in [-0.2, 0) is 0 Å². The van der Waals surface area contributed by atoms with Gasteiger partial charge in [-0.2, -0.15) is 0 Å². The van der Waals surface area contributed by atoms with Crippen LogP contribution in [0.2, 0.25) is 0 Å². The summed E-state index contributed by atoms with van der Waals surface area (Å²) in [7, 11) is 0. The van der Waals surface area contributed by atoms with Gasteiger partial charge < -0.3 is 4.42 Å². The van der Waals surface area contributed by atoms with Gasteiger partial charge in [-0.15, -0.1) is 6.58 Å². The second-order valence-corrected chi connectivity index (χ2v) is 3.35. The molecule has 72 valence electrons. The van der Waals surface area contributed by atoms with Crippen LogP contribution in [0, 0.1) is 0 Å². The topological polar surface area (TPSA) is 13.1 Å². The van der Waals surface area contributed by atoms with E-state index in [9.17, 15) is 0 Å². The molecule has 1 unspecified atom stereocenters. The van der Waals surface area contributed by atoms with Crippen molar-refractivity contribution in [1.82, 2.24) is 0 Å². The lowest BCUT2D eigenvalue weighted by Crippen LogP contribution is -1.92. The van der Waals surface area contributed by atoms with Gasteiger partial charge >= 0.3 is 0 Å². The zero-order chi connectivity index (χ0) is 9.52. The minimum atomic E-state index is 0.404. The van der Waals surface area contributed by atoms with Gasteiger partial charge in [0.1, 0.15) is 5.76 Å². The molecule has 1 nitrogen and oxygen atoms in total. The standard InChI is InChI=1S/C12H18O/c1-3-5-6-8-11(4-2)12-9-7-10-13-12/h4,7,9-11H,2-3,5-6,8H2,1H3. The first-order valence-electron chi connectivity index (χ1n) is 5.04. The van der Waals surface area contributed by atoms with E-state index in [1.165, 1.54) is 19.3 Å². The Bertz CT molecular complexity index is 223. The highest BCUT2D eigenvalue weighted by molar-refractivity contribution is 5.10. The van der Waals surface area contributed by atoms with Crippen LogP contribution in [0.4, 0.5) is 0 Å². The number of allylic oxidation sites excluding steroid dienone is 1. The summed E-state index contributed by atoms with van der Waals surface area (Å²) >= 11 is 0. The third-order valence-electron chi connectivity index (χ3n) is 2.31. The number of unbranched alkanes of at least 4 members (excludes halogenated alkanes) is 2. The summed E-state index contributed by atoms with van der Waals surface area (Å²) in [6.45, 7) is 6.05. The lowest BCUT2D eigenvalue weighted by Gasteiger charge is -2.08. The fraction of sp³-hybridized carbons (Fsp3) is 0.500. The molecule has 0 radical (unpaired) electrons. The van der Waals surface area contributed by atoms with Crippen molar-refractivity contribution in [3.8, 4) is 0 Å². The van der Waals surface area contributed by atoms with Gasteiger partial charge in [-0.3, -0.25) is 0 Å². The van der Waals surface area contributed by atoms with Crippen LogP contribution < -0.4 is 0 Å². The molecule has 0 saturated heterocycles. The molecule has 0 saturated carbocycles. The van der Waals surface area contributed by atoms with Gasteiger partial charge in [0.05, 0.1) is 6.26 Å². The predicted octanol–water partition coefficient (Wildman–Crippen LogP) is 4.13. The molecule has 0 aliphatic heterocycles. The molecule has 0 spiro atoms. The van der Waals surface area contributed by atoms with Crippen LogP contribution in [0.1, 0.15) is 44.3 Å². The highest BCUT2D eigenvalue weighted by Gasteiger charge is 2.08. The summed E-state index contributed by atoms with van der Waals surface area (Å²) in [6, 6.07) is 3.96. The molecule has 1 rings (SSSR count). The molecule has 0 fully saturated rings. The van der Waals surface area contributed by atoms with Crippen LogP contribution in [0.5, 0.6) is 0 Å². The number of hydrogen-bond acceptors (Lipinski definition) is 1. The van der Waals surface area contributed by atoms with Crippen LogP contribution >= 0.6 is 0 Å². The minimum Gasteiger partial charge on any atom is -0.469 e. The maximum Gasteiger partial charge on any atom is 0.110 e. The molecule has 1 heteroatoms.